The van der Waals surface area contributed by atoms with Gasteiger partial charge in [0.15, 0.2) is 0 Å². The number of benzene rings is 2. The van der Waals surface area contributed by atoms with E-state index in [1.165, 1.54) is 16.7 Å². The zero-order valence-corrected chi connectivity index (χ0v) is 14.1. The van der Waals surface area contributed by atoms with Crippen LogP contribution in [0.4, 0.5) is 10.5 Å². The van der Waals surface area contributed by atoms with Crippen LogP contribution in [0.2, 0.25) is 0 Å². The maximum atomic E-state index is 12.5. The number of nitrogens with one attached hydrogen (secondary N) is 2. The van der Waals surface area contributed by atoms with Gasteiger partial charge in [-0.05, 0) is 62.3 Å². The van der Waals surface area contributed by atoms with Crippen molar-refractivity contribution in [3.63, 3.8) is 0 Å². The van der Waals surface area contributed by atoms with Gasteiger partial charge in [-0.1, -0.05) is 42.0 Å². The van der Waals surface area contributed by atoms with Crippen LogP contribution < -0.4 is 10.6 Å². The van der Waals surface area contributed by atoms with E-state index in [2.05, 4.69) is 47.9 Å². The molecule has 1 aliphatic carbocycles. The molecule has 2 amide bonds. The van der Waals surface area contributed by atoms with Crippen LogP contribution in [0, 0.1) is 20.8 Å². The second-order valence-electron chi connectivity index (χ2n) is 6.52. The van der Waals surface area contributed by atoms with Crippen molar-refractivity contribution in [3.8, 4) is 0 Å². The Kier molecular flexibility index (Phi) is 4.37. The second-order valence-corrected chi connectivity index (χ2v) is 6.52. The summed E-state index contributed by atoms with van der Waals surface area (Å²) in [7, 11) is 0. The van der Waals surface area contributed by atoms with Gasteiger partial charge < -0.3 is 10.6 Å². The van der Waals surface area contributed by atoms with Crippen LogP contribution in [0.15, 0.2) is 36.4 Å². The second kappa shape index (κ2) is 6.45. The van der Waals surface area contributed by atoms with Gasteiger partial charge in [0.1, 0.15) is 0 Å². The molecule has 0 heterocycles. The van der Waals surface area contributed by atoms with Crippen LogP contribution in [0.3, 0.4) is 0 Å². The molecule has 2 aromatic carbocycles. The van der Waals surface area contributed by atoms with Crippen LogP contribution in [-0.4, -0.2) is 6.03 Å². The molecule has 0 spiro atoms. The van der Waals surface area contributed by atoms with E-state index in [0.29, 0.717) is 0 Å². The fourth-order valence-electron chi connectivity index (χ4n) is 3.59. The molecule has 1 unspecified atom stereocenters. The van der Waals surface area contributed by atoms with Crippen molar-refractivity contribution in [1.29, 1.82) is 0 Å². The first-order chi connectivity index (χ1) is 11.0. The highest BCUT2D eigenvalue weighted by atomic mass is 16.2. The van der Waals surface area contributed by atoms with Crippen LogP contribution in [0.25, 0.3) is 0 Å². The van der Waals surface area contributed by atoms with E-state index in [-0.39, 0.29) is 12.1 Å². The molecule has 2 N–H and O–H groups in total. The monoisotopic (exact) mass is 308 g/mol. The molecule has 0 aromatic heterocycles. The summed E-state index contributed by atoms with van der Waals surface area (Å²) in [6.45, 7) is 6.14. The summed E-state index contributed by atoms with van der Waals surface area (Å²) in [4.78, 5) is 12.5. The Bertz CT molecular complexity index is 713. The molecule has 0 saturated heterocycles. The highest BCUT2D eigenvalue weighted by molar-refractivity contribution is 5.91. The van der Waals surface area contributed by atoms with E-state index in [1.54, 1.807) is 0 Å². The lowest BCUT2D eigenvalue weighted by molar-refractivity contribution is 0.247. The molecule has 0 bridgehead atoms. The fourth-order valence-corrected chi connectivity index (χ4v) is 3.59. The highest BCUT2D eigenvalue weighted by Gasteiger charge is 2.21. The summed E-state index contributed by atoms with van der Waals surface area (Å²) in [6, 6.07) is 12.6. The van der Waals surface area contributed by atoms with Gasteiger partial charge in [0.05, 0.1) is 6.04 Å². The van der Waals surface area contributed by atoms with Crippen LogP contribution in [-0.2, 0) is 6.42 Å². The third kappa shape index (κ3) is 3.39. The number of carbonyl (C=O) groups excluding carboxylic acids is 1. The Morgan fingerprint density at radius 1 is 1.09 bits per heavy atom. The van der Waals surface area contributed by atoms with Gasteiger partial charge in [0.2, 0.25) is 0 Å². The van der Waals surface area contributed by atoms with Crippen LogP contribution in [0.5, 0.6) is 0 Å². The van der Waals surface area contributed by atoms with Crippen LogP contribution >= 0.6 is 0 Å². The first kappa shape index (κ1) is 15.6. The smallest absolute Gasteiger partial charge is 0.319 e. The highest BCUT2D eigenvalue weighted by Crippen LogP contribution is 2.29. The van der Waals surface area contributed by atoms with Gasteiger partial charge in [-0.25, -0.2) is 4.79 Å². The molecule has 3 heteroatoms. The van der Waals surface area contributed by atoms with E-state index in [1.807, 2.05) is 19.9 Å². The zero-order chi connectivity index (χ0) is 16.4. The molecule has 0 saturated carbocycles. The number of carbonyl (C=O) groups is 1. The van der Waals surface area contributed by atoms with Crippen molar-refractivity contribution in [1.82, 2.24) is 5.32 Å². The average molecular weight is 308 g/mol. The van der Waals surface area contributed by atoms with Crippen LogP contribution in [0.1, 0.15) is 46.7 Å². The van der Waals surface area contributed by atoms with Gasteiger partial charge in [-0.2, -0.15) is 0 Å². The molecule has 0 radical (unpaired) electrons. The number of aryl methyl sites for hydroxylation is 4. The molecule has 1 aliphatic rings. The molecule has 3 nitrogen and oxygen atoms in total. The molecule has 0 aliphatic heterocycles. The summed E-state index contributed by atoms with van der Waals surface area (Å²) in [5.74, 6) is 0. The topological polar surface area (TPSA) is 41.1 Å². The maximum Gasteiger partial charge on any atom is 0.319 e. The number of fused-ring (bicyclic) bond motifs is 1. The summed E-state index contributed by atoms with van der Waals surface area (Å²) in [6.07, 6.45) is 3.22. The minimum Gasteiger partial charge on any atom is -0.331 e. The van der Waals surface area contributed by atoms with E-state index in [4.69, 9.17) is 0 Å². The number of hydrogen-bond donors (Lipinski definition) is 2. The Balaban J connectivity index is 1.74. The van der Waals surface area contributed by atoms with Gasteiger partial charge >= 0.3 is 6.03 Å². The maximum absolute atomic E-state index is 12.5. The predicted molar refractivity (Wildman–Crippen MR) is 94.9 cm³/mol. The van der Waals surface area contributed by atoms with Crippen molar-refractivity contribution in [2.45, 2.75) is 46.1 Å². The van der Waals surface area contributed by atoms with E-state index >= 15 is 0 Å². The quantitative estimate of drug-likeness (QED) is 0.821. The summed E-state index contributed by atoms with van der Waals surface area (Å²) in [5.41, 5.74) is 6.94. The van der Waals surface area contributed by atoms with E-state index in [9.17, 15) is 4.79 Å². The van der Waals surface area contributed by atoms with Gasteiger partial charge in [-0.15, -0.1) is 0 Å². The molecular weight excluding hydrogens is 284 g/mol. The molecule has 1 atom stereocenters. The normalized spacial score (nSPS) is 16.6. The van der Waals surface area contributed by atoms with Gasteiger partial charge in [-0.3, -0.25) is 0 Å². The van der Waals surface area contributed by atoms with Crippen molar-refractivity contribution < 1.29 is 4.79 Å². The SMILES string of the molecule is Cc1cc(C)c(NC(=O)NC2CCCc3ccccc32)c(C)c1. The third-order valence-corrected chi connectivity index (χ3v) is 4.59. The van der Waals surface area contributed by atoms with Crippen molar-refractivity contribution >= 4 is 11.7 Å². The third-order valence-electron chi connectivity index (χ3n) is 4.59. The lowest BCUT2D eigenvalue weighted by Gasteiger charge is -2.26. The Morgan fingerprint density at radius 2 is 1.78 bits per heavy atom. The molecule has 2 aromatic rings. The first-order valence-electron chi connectivity index (χ1n) is 8.28. The Hall–Kier alpha value is -2.29. The number of hydrogen-bond acceptors (Lipinski definition) is 1. The first-order valence-corrected chi connectivity index (χ1v) is 8.28. The largest absolute Gasteiger partial charge is 0.331 e. The van der Waals surface area contributed by atoms with Crippen molar-refractivity contribution in [2.24, 2.45) is 0 Å². The lowest BCUT2D eigenvalue weighted by atomic mass is 9.88. The Labute approximate surface area is 138 Å². The van der Waals surface area contributed by atoms with Gasteiger partial charge in [0, 0.05) is 5.69 Å². The average Bonchev–Trinajstić information content (AvgIpc) is 2.51. The van der Waals surface area contributed by atoms with Crippen molar-refractivity contribution in [2.75, 3.05) is 5.32 Å². The minimum atomic E-state index is -0.123. The summed E-state index contributed by atoms with van der Waals surface area (Å²) < 4.78 is 0. The number of rotatable bonds is 2. The molecule has 120 valence electrons. The number of urea groups is 1. The number of amides is 2. The molecule has 0 fully saturated rings. The summed E-state index contributed by atoms with van der Waals surface area (Å²) >= 11 is 0. The molecular formula is C20H24N2O. The fraction of sp³-hybridized carbons (Fsp3) is 0.350. The van der Waals surface area contributed by atoms with E-state index in [0.717, 1.165) is 36.1 Å². The lowest BCUT2D eigenvalue weighted by Crippen LogP contribution is -2.34. The predicted octanol–water partition coefficient (Wildman–Crippen LogP) is 4.81. The molecule has 3 rings (SSSR count). The minimum absolute atomic E-state index is 0.103. The molecule has 23 heavy (non-hydrogen) atoms. The van der Waals surface area contributed by atoms with E-state index < -0.39 is 0 Å². The Morgan fingerprint density at radius 3 is 2.52 bits per heavy atom. The number of anilines is 1. The van der Waals surface area contributed by atoms with Gasteiger partial charge in [0.25, 0.3) is 0 Å². The zero-order valence-electron chi connectivity index (χ0n) is 14.1. The van der Waals surface area contributed by atoms with Crippen molar-refractivity contribution in [3.05, 3.63) is 64.2 Å². The summed E-state index contributed by atoms with van der Waals surface area (Å²) in [5, 5.41) is 6.18. The standard InChI is InChI=1S/C20H24N2O/c1-13-11-14(2)19(15(3)12-13)22-20(23)21-18-10-6-8-16-7-4-5-9-17(16)18/h4-5,7,9,11-12,18H,6,8,10H2,1-3H3,(H2,21,22,23).